The van der Waals surface area contributed by atoms with Gasteiger partial charge in [0, 0.05) is 6.54 Å². The Labute approximate surface area is 115 Å². The van der Waals surface area contributed by atoms with Gasteiger partial charge in [-0.15, -0.1) is 0 Å². The van der Waals surface area contributed by atoms with E-state index in [-0.39, 0.29) is 5.97 Å². The van der Waals surface area contributed by atoms with Crippen molar-refractivity contribution in [1.82, 2.24) is 4.90 Å². The monoisotopic (exact) mass is 265 g/mol. The second kappa shape index (κ2) is 8.53. The first kappa shape index (κ1) is 15.5. The van der Waals surface area contributed by atoms with Crippen LogP contribution in [0.25, 0.3) is 0 Å². The van der Waals surface area contributed by atoms with E-state index in [0.717, 1.165) is 25.4 Å². The molecule has 0 atom stereocenters. The van der Waals surface area contributed by atoms with E-state index < -0.39 is 0 Å². The number of rotatable bonds is 8. The highest BCUT2D eigenvalue weighted by atomic mass is 16.5. The van der Waals surface area contributed by atoms with Crippen LogP contribution in [0, 0.1) is 0 Å². The van der Waals surface area contributed by atoms with Gasteiger partial charge >= 0.3 is 5.97 Å². The molecule has 0 radical (unpaired) electrons. The molecule has 0 saturated heterocycles. The zero-order valence-electron chi connectivity index (χ0n) is 12.0. The minimum atomic E-state index is -0.294. The minimum Gasteiger partial charge on any atom is -0.492 e. The Hall–Kier alpha value is -1.55. The Bertz CT molecular complexity index is 371. The Balaban J connectivity index is 2.42. The number of esters is 1. The summed E-state index contributed by atoms with van der Waals surface area (Å²) >= 11 is 0. The molecule has 0 heterocycles. The van der Waals surface area contributed by atoms with Gasteiger partial charge in [0.2, 0.25) is 0 Å². The van der Waals surface area contributed by atoms with Gasteiger partial charge in [-0.1, -0.05) is 13.8 Å². The summed E-state index contributed by atoms with van der Waals surface area (Å²) in [6.07, 6.45) is 0. The minimum absolute atomic E-state index is 0.294. The Morgan fingerprint density at radius 2 is 1.74 bits per heavy atom. The quantitative estimate of drug-likeness (QED) is 0.677. The molecule has 0 N–H and O–H groups in total. The molecule has 0 aliphatic carbocycles. The standard InChI is InChI=1S/C15H23NO3/c1-4-16(5-2)11-12-19-14-9-7-13(8-10-14)15(17)18-6-3/h7-10H,4-6,11-12H2,1-3H3. The van der Waals surface area contributed by atoms with Gasteiger partial charge in [0.05, 0.1) is 12.2 Å². The first-order chi connectivity index (χ1) is 9.21. The van der Waals surface area contributed by atoms with E-state index in [9.17, 15) is 4.79 Å². The summed E-state index contributed by atoms with van der Waals surface area (Å²) in [5, 5.41) is 0. The highest BCUT2D eigenvalue weighted by Gasteiger charge is 2.06. The van der Waals surface area contributed by atoms with Crippen LogP contribution in [0.3, 0.4) is 0 Å². The molecule has 4 nitrogen and oxygen atoms in total. The molecule has 0 bridgehead atoms. The van der Waals surface area contributed by atoms with Crippen LogP contribution in [0.2, 0.25) is 0 Å². The molecule has 0 amide bonds. The molecule has 0 fully saturated rings. The van der Waals surface area contributed by atoms with Gasteiger partial charge in [0.15, 0.2) is 0 Å². The summed E-state index contributed by atoms with van der Waals surface area (Å²) in [5.41, 5.74) is 0.554. The molecular weight excluding hydrogens is 242 g/mol. The molecule has 1 rings (SSSR count). The van der Waals surface area contributed by atoms with Crippen molar-refractivity contribution >= 4 is 5.97 Å². The van der Waals surface area contributed by atoms with Crippen LogP contribution in [-0.4, -0.2) is 43.7 Å². The predicted molar refractivity (Wildman–Crippen MR) is 75.7 cm³/mol. The van der Waals surface area contributed by atoms with E-state index >= 15 is 0 Å². The number of hydrogen-bond acceptors (Lipinski definition) is 4. The van der Waals surface area contributed by atoms with Crippen molar-refractivity contribution in [1.29, 1.82) is 0 Å². The SMILES string of the molecule is CCOC(=O)c1ccc(OCCN(CC)CC)cc1. The molecule has 0 aromatic heterocycles. The maximum absolute atomic E-state index is 11.5. The molecule has 0 unspecified atom stereocenters. The molecular formula is C15H23NO3. The number of likely N-dealkylation sites (N-methyl/N-ethyl adjacent to an activating group) is 1. The summed E-state index contributed by atoms with van der Waals surface area (Å²) in [5.74, 6) is 0.484. The average Bonchev–Trinajstić information content (AvgIpc) is 2.44. The number of carbonyl (C=O) groups excluding carboxylic acids is 1. The molecule has 1 aromatic carbocycles. The van der Waals surface area contributed by atoms with E-state index in [1.807, 2.05) is 0 Å². The van der Waals surface area contributed by atoms with Gasteiger partial charge in [-0.2, -0.15) is 0 Å². The number of nitrogens with zero attached hydrogens (tertiary/aromatic N) is 1. The highest BCUT2D eigenvalue weighted by Crippen LogP contribution is 2.13. The normalized spacial score (nSPS) is 10.5. The van der Waals surface area contributed by atoms with Gasteiger partial charge in [0.1, 0.15) is 12.4 Å². The van der Waals surface area contributed by atoms with Crippen molar-refractivity contribution in [3.63, 3.8) is 0 Å². The second-order valence-electron chi connectivity index (χ2n) is 4.12. The summed E-state index contributed by atoms with van der Waals surface area (Å²) in [6, 6.07) is 7.05. The fraction of sp³-hybridized carbons (Fsp3) is 0.533. The maximum Gasteiger partial charge on any atom is 0.338 e. The van der Waals surface area contributed by atoms with Crippen LogP contribution in [-0.2, 0) is 4.74 Å². The average molecular weight is 265 g/mol. The van der Waals surface area contributed by atoms with Crippen LogP contribution in [0.5, 0.6) is 5.75 Å². The van der Waals surface area contributed by atoms with Crippen LogP contribution in [0.15, 0.2) is 24.3 Å². The van der Waals surface area contributed by atoms with Crippen molar-refractivity contribution in [3.05, 3.63) is 29.8 Å². The van der Waals surface area contributed by atoms with E-state index in [4.69, 9.17) is 9.47 Å². The summed E-state index contributed by atoms with van der Waals surface area (Å²) in [7, 11) is 0. The van der Waals surface area contributed by atoms with Gasteiger partial charge in [-0.05, 0) is 44.3 Å². The van der Waals surface area contributed by atoms with Gasteiger partial charge in [-0.25, -0.2) is 4.79 Å². The largest absolute Gasteiger partial charge is 0.492 e. The first-order valence-corrected chi connectivity index (χ1v) is 6.83. The lowest BCUT2D eigenvalue weighted by molar-refractivity contribution is 0.0526. The lowest BCUT2D eigenvalue weighted by Gasteiger charge is -2.18. The zero-order valence-corrected chi connectivity index (χ0v) is 12.0. The molecule has 0 aliphatic rings. The molecule has 0 saturated carbocycles. The first-order valence-electron chi connectivity index (χ1n) is 6.83. The third-order valence-corrected chi connectivity index (χ3v) is 2.94. The van der Waals surface area contributed by atoms with Crippen molar-refractivity contribution < 1.29 is 14.3 Å². The topological polar surface area (TPSA) is 38.8 Å². The van der Waals surface area contributed by atoms with Gasteiger partial charge < -0.3 is 14.4 Å². The third kappa shape index (κ3) is 5.30. The molecule has 1 aromatic rings. The predicted octanol–water partition coefficient (Wildman–Crippen LogP) is 2.58. The van der Waals surface area contributed by atoms with Crippen molar-refractivity contribution in [2.24, 2.45) is 0 Å². The fourth-order valence-corrected chi connectivity index (χ4v) is 1.73. The lowest BCUT2D eigenvalue weighted by Crippen LogP contribution is -2.27. The zero-order chi connectivity index (χ0) is 14.1. The molecule has 0 aliphatic heterocycles. The molecule has 4 heteroatoms. The maximum atomic E-state index is 11.5. The Morgan fingerprint density at radius 1 is 1.11 bits per heavy atom. The molecule has 19 heavy (non-hydrogen) atoms. The van der Waals surface area contributed by atoms with E-state index in [2.05, 4.69) is 18.7 Å². The molecule has 0 spiro atoms. The smallest absolute Gasteiger partial charge is 0.338 e. The Morgan fingerprint density at radius 3 is 2.26 bits per heavy atom. The number of hydrogen-bond donors (Lipinski definition) is 0. The van der Waals surface area contributed by atoms with Crippen molar-refractivity contribution in [2.45, 2.75) is 20.8 Å². The van der Waals surface area contributed by atoms with Crippen molar-refractivity contribution in [3.8, 4) is 5.75 Å². The lowest BCUT2D eigenvalue weighted by atomic mass is 10.2. The summed E-state index contributed by atoms with van der Waals surface area (Å²) in [4.78, 5) is 13.8. The third-order valence-electron chi connectivity index (χ3n) is 2.94. The summed E-state index contributed by atoms with van der Waals surface area (Å²) < 4.78 is 10.6. The second-order valence-corrected chi connectivity index (χ2v) is 4.12. The fourth-order valence-electron chi connectivity index (χ4n) is 1.73. The molecule has 106 valence electrons. The number of carbonyl (C=O) groups is 1. The van der Waals surface area contributed by atoms with Gasteiger partial charge in [0.25, 0.3) is 0 Å². The van der Waals surface area contributed by atoms with Crippen LogP contribution >= 0.6 is 0 Å². The number of benzene rings is 1. The van der Waals surface area contributed by atoms with Crippen molar-refractivity contribution in [2.75, 3.05) is 32.8 Å². The van der Waals surface area contributed by atoms with Crippen LogP contribution in [0.1, 0.15) is 31.1 Å². The summed E-state index contributed by atoms with van der Waals surface area (Å²) in [6.45, 7) is 10.1. The highest BCUT2D eigenvalue weighted by molar-refractivity contribution is 5.89. The van der Waals surface area contributed by atoms with Crippen LogP contribution < -0.4 is 4.74 Å². The Kier molecular flexibility index (Phi) is 6.97. The van der Waals surface area contributed by atoms with E-state index in [1.54, 1.807) is 31.2 Å². The van der Waals surface area contributed by atoms with E-state index in [1.165, 1.54) is 0 Å². The van der Waals surface area contributed by atoms with E-state index in [0.29, 0.717) is 18.8 Å². The van der Waals surface area contributed by atoms with Gasteiger partial charge in [-0.3, -0.25) is 0 Å². The van der Waals surface area contributed by atoms with Crippen LogP contribution in [0.4, 0.5) is 0 Å². The number of ether oxygens (including phenoxy) is 2.